The maximum absolute atomic E-state index is 13.0. The van der Waals surface area contributed by atoms with Crippen LogP contribution in [0.1, 0.15) is 21.8 Å². The van der Waals surface area contributed by atoms with Gasteiger partial charge in [-0.15, -0.1) is 0 Å². The molecule has 1 aliphatic carbocycles. The Bertz CT molecular complexity index is 1640. The fourth-order valence-electron chi connectivity index (χ4n) is 3.84. The molecule has 4 aromatic rings. The molecule has 0 fully saturated rings. The summed E-state index contributed by atoms with van der Waals surface area (Å²) in [6, 6.07) is 15.8. The first-order valence-corrected chi connectivity index (χ1v) is 9.75. The van der Waals surface area contributed by atoms with Crippen LogP contribution in [0.3, 0.4) is 0 Å². The van der Waals surface area contributed by atoms with Gasteiger partial charge in [-0.1, -0.05) is 48.5 Å². The van der Waals surface area contributed by atoms with Gasteiger partial charge < -0.3 is 8.98 Å². The molecule has 0 spiro atoms. The minimum Gasteiger partial charge on any atom is -0.417 e. The van der Waals surface area contributed by atoms with Gasteiger partial charge in [0.05, 0.1) is 19.2 Å². The smallest absolute Gasteiger partial charge is 0.270 e. The quantitative estimate of drug-likeness (QED) is 0.248. The molecule has 0 amide bonds. The monoisotopic (exact) mass is 428 g/mol. The van der Waals surface area contributed by atoms with Gasteiger partial charge >= 0.3 is 0 Å². The largest absolute Gasteiger partial charge is 0.417 e. The van der Waals surface area contributed by atoms with Crippen molar-refractivity contribution in [2.24, 2.45) is 7.05 Å². The van der Waals surface area contributed by atoms with Gasteiger partial charge in [0.15, 0.2) is 11.5 Å². The lowest BCUT2D eigenvalue weighted by atomic mass is 10.0. The van der Waals surface area contributed by atoms with Crippen molar-refractivity contribution in [3.8, 4) is 17.5 Å². The van der Waals surface area contributed by atoms with Crippen LogP contribution >= 0.6 is 0 Å². The first-order valence-electron chi connectivity index (χ1n) is 9.75. The molecule has 0 saturated heterocycles. The van der Waals surface area contributed by atoms with E-state index in [2.05, 4.69) is 19.7 Å². The zero-order chi connectivity index (χ0) is 23.1. The maximum atomic E-state index is 13.0. The lowest BCUT2D eigenvalue weighted by Crippen LogP contribution is -1.96. The molecule has 2 aromatic carbocycles. The standard InChI is InChI=1S/C25H12N6O2/c1-27-15-10-8-14(9-11-15)23-30-25-24(31(23)3)29-20(33-25)12-18-21(19(13-26)28-2)16-6-4-5-7-17(16)22(18)32/h4-12H,3H3/b18-12-,21-19-. The molecule has 0 saturated carbocycles. The van der Waals surface area contributed by atoms with Crippen molar-refractivity contribution >= 4 is 34.5 Å². The van der Waals surface area contributed by atoms with E-state index in [1.54, 1.807) is 60.1 Å². The number of nitriles is 1. The third-order valence-corrected chi connectivity index (χ3v) is 5.38. The number of carbonyl (C=O) groups is 1. The lowest BCUT2D eigenvalue weighted by molar-refractivity contribution is 0.104. The number of fused-ring (bicyclic) bond motifs is 2. The number of aryl methyl sites for hydroxylation is 1. The molecule has 0 N–H and O–H groups in total. The van der Waals surface area contributed by atoms with Crippen LogP contribution in [0, 0.1) is 24.5 Å². The normalized spacial score (nSPS) is 15.2. The summed E-state index contributed by atoms with van der Waals surface area (Å²) in [4.78, 5) is 28.7. The molecule has 1 aliphatic rings. The van der Waals surface area contributed by atoms with E-state index < -0.39 is 0 Å². The fourth-order valence-corrected chi connectivity index (χ4v) is 3.84. The van der Waals surface area contributed by atoms with Crippen molar-refractivity contribution in [3.05, 3.63) is 99.7 Å². The highest BCUT2D eigenvalue weighted by molar-refractivity contribution is 6.29. The highest BCUT2D eigenvalue weighted by atomic mass is 16.4. The molecule has 0 unspecified atom stereocenters. The number of ketones is 1. The number of rotatable bonds is 2. The van der Waals surface area contributed by atoms with Crippen LogP contribution in [0.2, 0.25) is 0 Å². The topological polar surface area (TPSA) is 93.4 Å². The SMILES string of the molecule is [C-]#[N+]/C(C#N)=C1\C(=C\c2nc3c(nc(-c4ccc([N+]#[C-])cc4)n3C)o2)C(=O)c2ccccc21. The maximum Gasteiger partial charge on any atom is 0.270 e. The van der Waals surface area contributed by atoms with E-state index in [0.717, 1.165) is 5.56 Å². The van der Waals surface area contributed by atoms with Crippen molar-refractivity contribution in [3.63, 3.8) is 0 Å². The van der Waals surface area contributed by atoms with Crippen molar-refractivity contribution in [2.45, 2.75) is 0 Å². The summed E-state index contributed by atoms with van der Waals surface area (Å²) < 4.78 is 7.56. The van der Waals surface area contributed by atoms with E-state index in [9.17, 15) is 10.1 Å². The molecule has 0 atom stereocenters. The summed E-state index contributed by atoms with van der Waals surface area (Å²) in [5.41, 5.74) is 3.37. The molecule has 33 heavy (non-hydrogen) atoms. The van der Waals surface area contributed by atoms with Crippen LogP contribution < -0.4 is 0 Å². The van der Waals surface area contributed by atoms with E-state index in [4.69, 9.17) is 17.6 Å². The van der Waals surface area contributed by atoms with E-state index in [1.165, 1.54) is 6.08 Å². The molecular formula is C25H12N6O2. The van der Waals surface area contributed by atoms with E-state index in [-0.39, 0.29) is 34.2 Å². The summed E-state index contributed by atoms with van der Waals surface area (Å²) in [6.45, 7) is 14.4. The predicted molar refractivity (Wildman–Crippen MR) is 120 cm³/mol. The van der Waals surface area contributed by atoms with Gasteiger partial charge in [0, 0.05) is 35.4 Å². The molecule has 2 heterocycles. The van der Waals surface area contributed by atoms with Gasteiger partial charge in [0.1, 0.15) is 5.82 Å². The Morgan fingerprint density at radius 3 is 2.48 bits per heavy atom. The van der Waals surface area contributed by atoms with Crippen LogP contribution in [0.15, 0.2) is 64.2 Å². The van der Waals surface area contributed by atoms with Crippen LogP contribution in [-0.4, -0.2) is 20.3 Å². The summed E-state index contributed by atoms with van der Waals surface area (Å²) in [5.74, 6) is 0.471. The van der Waals surface area contributed by atoms with Crippen LogP contribution in [0.4, 0.5) is 5.69 Å². The van der Waals surface area contributed by atoms with Gasteiger partial charge in [-0.25, -0.2) is 15.0 Å². The molecule has 2 aromatic heterocycles. The van der Waals surface area contributed by atoms with Crippen molar-refractivity contribution in [2.75, 3.05) is 0 Å². The average molecular weight is 428 g/mol. The molecular weight excluding hydrogens is 416 g/mol. The zero-order valence-electron chi connectivity index (χ0n) is 17.2. The number of oxazole rings is 1. The Labute approximate surface area is 188 Å². The Morgan fingerprint density at radius 1 is 1.12 bits per heavy atom. The second kappa shape index (κ2) is 7.46. The van der Waals surface area contributed by atoms with Gasteiger partial charge in [-0.05, 0) is 5.56 Å². The second-order valence-corrected chi connectivity index (χ2v) is 7.21. The number of carbonyl (C=O) groups excluding carboxylic acids is 1. The molecule has 0 bridgehead atoms. The van der Waals surface area contributed by atoms with Crippen LogP contribution in [0.5, 0.6) is 0 Å². The summed E-state index contributed by atoms with van der Waals surface area (Å²) in [5, 5.41) is 9.44. The highest BCUT2D eigenvalue weighted by Crippen LogP contribution is 2.40. The minimum atomic E-state index is -0.298. The van der Waals surface area contributed by atoms with Gasteiger partial charge in [0.2, 0.25) is 11.5 Å². The summed E-state index contributed by atoms with van der Waals surface area (Å²) in [7, 11) is 1.79. The summed E-state index contributed by atoms with van der Waals surface area (Å²) >= 11 is 0. The van der Waals surface area contributed by atoms with Crippen LogP contribution in [0.25, 0.3) is 44.1 Å². The Balaban J connectivity index is 1.62. The van der Waals surface area contributed by atoms with E-state index in [0.29, 0.717) is 28.3 Å². The lowest BCUT2D eigenvalue weighted by Gasteiger charge is -2.02. The molecule has 5 rings (SSSR count). The van der Waals surface area contributed by atoms with Crippen molar-refractivity contribution in [1.82, 2.24) is 14.5 Å². The first-order chi connectivity index (χ1) is 16.0. The van der Waals surface area contributed by atoms with Crippen LogP contribution in [-0.2, 0) is 7.05 Å². The zero-order valence-corrected chi connectivity index (χ0v) is 17.2. The Morgan fingerprint density at radius 2 is 1.85 bits per heavy atom. The van der Waals surface area contributed by atoms with Gasteiger partial charge in [-0.3, -0.25) is 4.79 Å². The average Bonchev–Trinajstić information content (AvgIpc) is 3.47. The second-order valence-electron chi connectivity index (χ2n) is 7.21. The molecule has 0 aliphatic heterocycles. The van der Waals surface area contributed by atoms with Gasteiger partial charge in [0.25, 0.3) is 11.4 Å². The Kier molecular flexibility index (Phi) is 4.45. The number of allylic oxidation sites excluding steroid dienone is 3. The Hall–Kier alpha value is -5.26. The minimum absolute atomic E-state index is 0.147. The number of aromatic nitrogens is 3. The number of nitrogens with zero attached hydrogens (tertiary/aromatic N) is 6. The third-order valence-electron chi connectivity index (χ3n) is 5.38. The highest BCUT2D eigenvalue weighted by Gasteiger charge is 2.32. The summed E-state index contributed by atoms with van der Waals surface area (Å²) in [6.07, 6.45) is 1.45. The predicted octanol–water partition coefficient (Wildman–Crippen LogP) is 5.21. The molecule has 8 nitrogen and oxygen atoms in total. The third kappa shape index (κ3) is 3.01. The number of Topliss-reactive ketones (excluding diaryl/α,β-unsaturated/α-hetero) is 1. The molecule has 154 valence electrons. The fraction of sp³-hybridized carbons (Fsp3) is 0.0400. The van der Waals surface area contributed by atoms with Crippen molar-refractivity contribution < 1.29 is 9.21 Å². The van der Waals surface area contributed by atoms with E-state index in [1.807, 2.05) is 6.07 Å². The molecule has 0 radical (unpaired) electrons. The number of hydrogen-bond donors (Lipinski definition) is 0. The molecule has 8 heteroatoms. The number of hydrogen-bond acceptors (Lipinski definition) is 5. The van der Waals surface area contributed by atoms with Crippen molar-refractivity contribution in [1.29, 1.82) is 5.26 Å². The van der Waals surface area contributed by atoms with E-state index >= 15 is 0 Å². The van der Waals surface area contributed by atoms with Gasteiger partial charge in [-0.2, -0.15) is 9.97 Å². The number of benzene rings is 2. The first kappa shape index (κ1) is 19.7. The number of imidazole rings is 1.